The van der Waals surface area contributed by atoms with Crippen LogP contribution in [0.25, 0.3) is 0 Å². The third-order valence-electron chi connectivity index (χ3n) is 4.21. The van der Waals surface area contributed by atoms with Gasteiger partial charge in [-0.1, -0.05) is 18.6 Å². The van der Waals surface area contributed by atoms with E-state index >= 15 is 0 Å². The van der Waals surface area contributed by atoms with E-state index in [1.54, 1.807) is 13.2 Å². The molecular weight excluding hydrogens is 276 g/mol. The Labute approximate surface area is 120 Å². The first-order valence-corrected chi connectivity index (χ1v) is 8.63. The van der Waals surface area contributed by atoms with Gasteiger partial charge in [0.2, 0.25) is 0 Å². The van der Waals surface area contributed by atoms with Crippen LogP contribution in [-0.2, 0) is 9.84 Å². The predicted octanol–water partition coefficient (Wildman–Crippen LogP) is 2.31. The van der Waals surface area contributed by atoms with Crippen molar-refractivity contribution in [3.63, 3.8) is 0 Å². The summed E-state index contributed by atoms with van der Waals surface area (Å²) in [6.07, 6.45) is 1.03. The number of ether oxygens (including phenoxy) is 1. The first-order valence-electron chi connectivity index (χ1n) is 6.92. The maximum atomic E-state index is 12.1. The van der Waals surface area contributed by atoms with Crippen molar-refractivity contribution in [2.24, 2.45) is 0 Å². The Kier molecular flexibility index (Phi) is 4.39. The van der Waals surface area contributed by atoms with Crippen LogP contribution in [0.4, 0.5) is 0 Å². The first-order chi connectivity index (χ1) is 9.38. The molecule has 0 radical (unpaired) electrons. The van der Waals surface area contributed by atoms with Gasteiger partial charge < -0.3 is 9.84 Å². The normalized spacial score (nSPS) is 23.3. The molecule has 0 bridgehead atoms. The zero-order valence-corrected chi connectivity index (χ0v) is 13.0. The fourth-order valence-corrected chi connectivity index (χ4v) is 4.82. The van der Waals surface area contributed by atoms with Gasteiger partial charge in [-0.25, -0.2) is 8.42 Å². The molecule has 1 aliphatic rings. The molecule has 2 unspecified atom stereocenters. The highest BCUT2D eigenvalue weighted by atomic mass is 32.2. The highest BCUT2D eigenvalue weighted by Gasteiger charge is 2.36. The van der Waals surface area contributed by atoms with E-state index in [1.807, 2.05) is 19.9 Å². The van der Waals surface area contributed by atoms with Crippen LogP contribution in [0.5, 0.6) is 5.75 Å². The summed E-state index contributed by atoms with van der Waals surface area (Å²) in [5, 5.41) is 9.83. The number of sulfone groups is 1. The molecule has 1 aromatic rings. The lowest BCUT2D eigenvalue weighted by Gasteiger charge is -2.28. The Bertz CT molecular complexity index is 592. The summed E-state index contributed by atoms with van der Waals surface area (Å²) in [6.45, 7) is 3.88. The van der Waals surface area contributed by atoms with Crippen molar-refractivity contribution < 1.29 is 18.3 Å². The van der Waals surface area contributed by atoms with Gasteiger partial charge in [-0.2, -0.15) is 0 Å². The van der Waals surface area contributed by atoms with Gasteiger partial charge in [0.05, 0.1) is 24.2 Å². The zero-order valence-electron chi connectivity index (χ0n) is 12.2. The number of methoxy groups -OCH3 is 1. The SMILES string of the molecule is COc1c(C(O)C2CCCCS2(=O)=O)ccc(C)c1C. The quantitative estimate of drug-likeness (QED) is 0.930. The van der Waals surface area contributed by atoms with Crippen molar-refractivity contribution in [1.82, 2.24) is 0 Å². The maximum Gasteiger partial charge on any atom is 0.156 e. The fourth-order valence-electron chi connectivity index (χ4n) is 2.85. The molecule has 1 saturated heterocycles. The number of aryl methyl sites for hydroxylation is 1. The summed E-state index contributed by atoms with van der Waals surface area (Å²) in [6, 6.07) is 3.67. The molecule has 0 amide bonds. The van der Waals surface area contributed by atoms with Gasteiger partial charge in [-0.3, -0.25) is 0 Å². The minimum Gasteiger partial charge on any atom is -0.496 e. The summed E-state index contributed by atoms with van der Waals surface area (Å²) in [5.74, 6) is 0.764. The molecule has 0 saturated carbocycles. The molecule has 2 rings (SSSR count). The van der Waals surface area contributed by atoms with Gasteiger partial charge in [0, 0.05) is 5.56 Å². The summed E-state index contributed by atoms with van der Waals surface area (Å²) >= 11 is 0. The molecule has 1 aliphatic heterocycles. The second-order valence-corrected chi connectivity index (χ2v) is 7.82. The van der Waals surface area contributed by atoms with Crippen molar-refractivity contribution in [1.29, 1.82) is 0 Å². The van der Waals surface area contributed by atoms with Crippen LogP contribution in [0.15, 0.2) is 12.1 Å². The topological polar surface area (TPSA) is 63.6 Å². The molecule has 112 valence electrons. The molecule has 4 nitrogen and oxygen atoms in total. The van der Waals surface area contributed by atoms with Crippen LogP contribution >= 0.6 is 0 Å². The Morgan fingerprint density at radius 2 is 2.00 bits per heavy atom. The molecule has 20 heavy (non-hydrogen) atoms. The van der Waals surface area contributed by atoms with Gasteiger partial charge in [-0.15, -0.1) is 0 Å². The van der Waals surface area contributed by atoms with E-state index in [0.717, 1.165) is 17.5 Å². The third-order valence-corrected chi connectivity index (χ3v) is 6.48. The summed E-state index contributed by atoms with van der Waals surface area (Å²) in [7, 11) is -1.68. The second kappa shape index (κ2) is 5.74. The van der Waals surface area contributed by atoms with Crippen LogP contribution in [0.3, 0.4) is 0 Å². The van der Waals surface area contributed by atoms with Gasteiger partial charge in [0.1, 0.15) is 5.75 Å². The Morgan fingerprint density at radius 1 is 1.30 bits per heavy atom. The Balaban J connectivity index is 2.43. The lowest BCUT2D eigenvalue weighted by atomic mass is 9.97. The maximum absolute atomic E-state index is 12.1. The van der Waals surface area contributed by atoms with Crippen LogP contribution in [0.1, 0.15) is 42.1 Å². The van der Waals surface area contributed by atoms with E-state index in [0.29, 0.717) is 24.2 Å². The Morgan fingerprint density at radius 3 is 2.60 bits per heavy atom. The van der Waals surface area contributed by atoms with E-state index in [-0.39, 0.29) is 5.75 Å². The summed E-state index contributed by atoms with van der Waals surface area (Å²) in [5.41, 5.74) is 2.58. The molecule has 2 atom stereocenters. The van der Waals surface area contributed by atoms with E-state index in [2.05, 4.69) is 0 Å². The third kappa shape index (κ3) is 2.69. The van der Waals surface area contributed by atoms with Gasteiger partial charge in [0.25, 0.3) is 0 Å². The monoisotopic (exact) mass is 298 g/mol. The summed E-state index contributed by atoms with van der Waals surface area (Å²) in [4.78, 5) is 0. The standard InChI is InChI=1S/C15H22O4S/c1-10-7-8-12(15(19-3)11(10)2)14(16)13-6-4-5-9-20(13,17)18/h7-8,13-14,16H,4-6,9H2,1-3H3. The number of hydrogen-bond donors (Lipinski definition) is 1. The molecular formula is C15H22O4S. The van der Waals surface area contributed by atoms with Crippen LogP contribution in [0, 0.1) is 13.8 Å². The largest absolute Gasteiger partial charge is 0.496 e. The van der Waals surface area contributed by atoms with Crippen molar-refractivity contribution in [3.8, 4) is 5.75 Å². The van der Waals surface area contributed by atoms with Crippen molar-refractivity contribution in [2.75, 3.05) is 12.9 Å². The summed E-state index contributed by atoms with van der Waals surface area (Å²) < 4.78 is 29.7. The van der Waals surface area contributed by atoms with Crippen molar-refractivity contribution in [3.05, 3.63) is 28.8 Å². The smallest absolute Gasteiger partial charge is 0.156 e. The molecule has 5 heteroatoms. The molecule has 0 aliphatic carbocycles. The Hall–Kier alpha value is -1.07. The van der Waals surface area contributed by atoms with Crippen LogP contribution < -0.4 is 4.74 Å². The molecule has 1 heterocycles. The number of aliphatic hydroxyl groups excluding tert-OH is 1. The highest BCUT2D eigenvalue weighted by molar-refractivity contribution is 7.92. The number of hydrogen-bond acceptors (Lipinski definition) is 4. The van der Waals surface area contributed by atoms with E-state index in [1.165, 1.54) is 0 Å². The number of benzene rings is 1. The lowest BCUT2D eigenvalue weighted by molar-refractivity contribution is 0.160. The van der Waals surface area contributed by atoms with Crippen LogP contribution in [-0.4, -0.2) is 31.6 Å². The van der Waals surface area contributed by atoms with Gasteiger partial charge in [0.15, 0.2) is 9.84 Å². The molecule has 1 N–H and O–H groups in total. The van der Waals surface area contributed by atoms with Crippen LogP contribution in [0.2, 0.25) is 0 Å². The van der Waals surface area contributed by atoms with Crippen molar-refractivity contribution >= 4 is 9.84 Å². The minimum absolute atomic E-state index is 0.169. The fraction of sp³-hybridized carbons (Fsp3) is 0.600. The molecule has 0 aromatic heterocycles. The highest BCUT2D eigenvalue weighted by Crippen LogP contribution is 2.37. The minimum atomic E-state index is -3.22. The zero-order chi connectivity index (χ0) is 14.9. The average molecular weight is 298 g/mol. The predicted molar refractivity (Wildman–Crippen MR) is 78.9 cm³/mol. The van der Waals surface area contributed by atoms with E-state index in [4.69, 9.17) is 4.74 Å². The number of rotatable bonds is 3. The van der Waals surface area contributed by atoms with Crippen molar-refractivity contribution in [2.45, 2.75) is 44.5 Å². The van der Waals surface area contributed by atoms with Gasteiger partial charge in [-0.05, 0) is 37.8 Å². The number of aliphatic hydroxyl groups is 1. The lowest BCUT2D eigenvalue weighted by Crippen LogP contribution is -2.34. The first kappa shape index (κ1) is 15.3. The molecule has 0 spiro atoms. The second-order valence-electron chi connectivity index (χ2n) is 5.48. The molecule has 1 aromatic carbocycles. The van der Waals surface area contributed by atoms with E-state index < -0.39 is 21.2 Å². The average Bonchev–Trinajstić information content (AvgIpc) is 2.40. The van der Waals surface area contributed by atoms with E-state index in [9.17, 15) is 13.5 Å². The van der Waals surface area contributed by atoms with Gasteiger partial charge >= 0.3 is 0 Å². The molecule has 1 fully saturated rings.